The molecule has 6 nitrogen and oxygen atoms in total. The highest BCUT2D eigenvalue weighted by molar-refractivity contribution is 9.10. The molecular weight excluding hydrogens is 423 g/mol. The molecule has 0 aliphatic carbocycles. The van der Waals surface area contributed by atoms with Crippen molar-refractivity contribution >= 4 is 27.7 Å². The standard InChI is InChI=1S/C17H16BrFN4O2S/c18-12-5-7-13(8-6-12)24-9-10-26-17-22-21-16(23(17)20)11-25-15-4-2-1-3-14(15)19/h1-8H,9-11,20H2. The summed E-state index contributed by atoms with van der Waals surface area (Å²) in [6.07, 6.45) is 0. The number of nitrogen functional groups attached to an aromatic ring is 1. The zero-order valence-electron chi connectivity index (χ0n) is 13.6. The smallest absolute Gasteiger partial charge is 0.210 e. The van der Waals surface area contributed by atoms with Crippen molar-refractivity contribution in [1.29, 1.82) is 0 Å². The fourth-order valence-corrected chi connectivity index (χ4v) is 2.99. The number of halogens is 2. The maximum Gasteiger partial charge on any atom is 0.210 e. The summed E-state index contributed by atoms with van der Waals surface area (Å²) >= 11 is 4.79. The van der Waals surface area contributed by atoms with Gasteiger partial charge in [-0.1, -0.05) is 39.8 Å². The maximum atomic E-state index is 13.5. The minimum absolute atomic E-state index is 0.0282. The predicted molar refractivity (Wildman–Crippen MR) is 101 cm³/mol. The van der Waals surface area contributed by atoms with Gasteiger partial charge in [-0.2, -0.15) is 0 Å². The molecule has 0 unspecified atom stereocenters. The zero-order chi connectivity index (χ0) is 18.4. The van der Waals surface area contributed by atoms with Crippen LogP contribution < -0.4 is 15.3 Å². The van der Waals surface area contributed by atoms with E-state index >= 15 is 0 Å². The molecule has 0 radical (unpaired) electrons. The summed E-state index contributed by atoms with van der Waals surface area (Å²) in [6.45, 7) is 0.528. The summed E-state index contributed by atoms with van der Waals surface area (Å²) in [6, 6.07) is 13.8. The Balaban J connectivity index is 1.47. The molecule has 1 aromatic heterocycles. The number of hydrogen-bond acceptors (Lipinski definition) is 6. The number of hydrogen-bond donors (Lipinski definition) is 1. The van der Waals surface area contributed by atoms with Crippen LogP contribution in [0.3, 0.4) is 0 Å². The Hall–Kier alpha value is -2.26. The van der Waals surface area contributed by atoms with E-state index in [-0.39, 0.29) is 12.4 Å². The van der Waals surface area contributed by atoms with Crippen molar-refractivity contribution in [2.24, 2.45) is 0 Å². The number of aromatic nitrogens is 3. The van der Waals surface area contributed by atoms with E-state index in [1.807, 2.05) is 24.3 Å². The van der Waals surface area contributed by atoms with Crippen molar-refractivity contribution in [1.82, 2.24) is 14.9 Å². The molecule has 0 saturated carbocycles. The SMILES string of the molecule is Nn1c(COc2ccccc2F)nnc1SCCOc1ccc(Br)cc1. The van der Waals surface area contributed by atoms with Gasteiger partial charge in [0.25, 0.3) is 0 Å². The zero-order valence-corrected chi connectivity index (χ0v) is 16.0. The number of nitrogens with two attached hydrogens (primary N) is 1. The minimum Gasteiger partial charge on any atom is -0.493 e. The van der Waals surface area contributed by atoms with Gasteiger partial charge < -0.3 is 15.3 Å². The molecule has 0 bridgehead atoms. The third-order valence-electron chi connectivity index (χ3n) is 3.33. The summed E-state index contributed by atoms with van der Waals surface area (Å²) < 4.78 is 26.9. The first kappa shape index (κ1) is 18.5. The molecule has 0 aliphatic rings. The van der Waals surface area contributed by atoms with Gasteiger partial charge in [-0.25, -0.2) is 9.07 Å². The first-order valence-corrected chi connectivity index (χ1v) is 9.49. The number of rotatable bonds is 8. The van der Waals surface area contributed by atoms with E-state index < -0.39 is 5.82 Å². The van der Waals surface area contributed by atoms with Crippen molar-refractivity contribution in [2.45, 2.75) is 11.8 Å². The van der Waals surface area contributed by atoms with Gasteiger partial charge in [-0.3, -0.25) is 0 Å². The lowest BCUT2D eigenvalue weighted by molar-refractivity contribution is 0.277. The number of thioether (sulfide) groups is 1. The lowest BCUT2D eigenvalue weighted by Crippen LogP contribution is -2.16. The van der Waals surface area contributed by atoms with Crippen molar-refractivity contribution in [3.05, 3.63) is 64.6 Å². The molecule has 1 heterocycles. The fraction of sp³-hybridized carbons (Fsp3) is 0.176. The van der Waals surface area contributed by atoms with Crippen LogP contribution >= 0.6 is 27.7 Å². The molecule has 0 fully saturated rings. The molecule has 9 heteroatoms. The van der Waals surface area contributed by atoms with Crippen LogP contribution in [0.2, 0.25) is 0 Å². The summed E-state index contributed by atoms with van der Waals surface area (Å²) in [7, 11) is 0. The number of ether oxygens (including phenoxy) is 2. The van der Waals surface area contributed by atoms with Crippen LogP contribution in [0.25, 0.3) is 0 Å². The molecule has 0 atom stereocenters. The lowest BCUT2D eigenvalue weighted by Gasteiger charge is -2.07. The average molecular weight is 439 g/mol. The van der Waals surface area contributed by atoms with Crippen molar-refractivity contribution in [3.63, 3.8) is 0 Å². The summed E-state index contributed by atoms with van der Waals surface area (Å²) in [5, 5.41) is 8.54. The van der Waals surface area contributed by atoms with Crippen LogP contribution in [-0.4, -0.2) is 27.2 Å². The molecule has 0 amide bonds. The Kier molecular flexibility index (Phi) is 6.35. The van der Waals surface area contributed by atoms with Gasteiger partial charge in [0.15, 0.2) is 17.4 Å². The van der Waals surface area contributed by atoms with Crippen molar-refractivity contribution in [2.75, 3.05) is 18.2 Å². The van der Waals surface area contributed by atoms with E-state index in [1.165, 1.54) is 22.5 Å². The summed E-state index contributed by atoms with van der Waals surface area (Å²) in [4.78, 5) is 0. The van der Waals surface area contributed by atoms with Crippen LogP contribution in [0.15, 0.2) is 58.2 Å². The molecule has 0 saturated heterocycles. The second-order valence-corrected chi connectivity index (χ2v) is 7.12. The van der Waals surface area contributed by atoms with Gasteiger partial charge >= 0.3 is 0 Å². The van der Waals surface area contributed by atoms with Crippen molar-refractivity contribution < 1.29 is 13.9 Å². The summed E-state index contributed by atoms with van der Waals surface area (Å²) in [5.41, 5.74) is 0. The lowest BCUT2D eigenvalue weighted by atomic mass is 10.3. The molecule has 136 valence electrons. The monoisotopic (exact) mass is 438 g/mol. The Morgan fingerprint density at radius 3 is 2.62 bits per heavy atom. The van der Waals surface area contributed by atoms with Gasteiger partial charge in [0, 0.05) is 10.2 Å². The van der Waals surface area contributed by atoms with E-state index in [0.717, 1.165) is 10.2 Å². The van der Waals surface area contributed by atoms with E-state index in [4.69, 9.17) is 15.3 Å². The highest BCUT2D eigenvalue weighted by Crippen LogP contribution is 2.20. The number of nitrogens with zero attached hydrogens (tertiary/aromatic N) is 3. The average Bonchev–Trinajstić information content (AvgIpc) is 2.99. The second-order valence-electron chi connectivity index (χ2n) is 5.14. The largest absolute Gasteiger partial charge is 0.493 e. The van der Waals surface area contributed by atoms with Gasteiger partial charge in [-0.15, -0.1) is 10.2 Å². The maximum absolute atomic E-state index is 13.5. The number of benzene rings is 2. The molecule has 0 spiro atoms. The molecule has 2 N–H and O–H groups in total. The Labute approximate surface area is 162 Å². The van der Waals surface area contributed by atoms with E-state index in [0.29, 0.717) is 23.3 Å². The fourth-order valence-electron chi connectivity index (χ4n) is 2.03. The third kappa shape index (κ3) is 4.89. The van der Waals surface area contributed by atoms with Crippen LogP contribution in [0, 0.1) is 5.82 Å². The van der Waals surface area contributed by atoms with Gasteiger partial charge in [0.05, 0.1) is 6.61 Å². The quantitative estimate of drug-likeness (QED) is 0.328. The van der Waals surface area contributed by atoms with Crippen LogP contribution in [0.5, 0.6) is 11.5 Å². The first-order chi connectivity index (χ1) is 12.6. The summed E-state index contributed by atoms with van der Waals surface area (Å²) in [5.74, 6) is 7.53. The first-order valence-electron chi connectivity index (χ1n) is 7.71. The molecule has 3 aromatic rings. The highest BCUT2D eigenvalue weighted by atomic mass is 79.9. The van der Waals surface area contributed by atoms with Crippen LogP contribution in [0.1, 0.15) is 5.82 Å². The van der Waals surface area contributed by atoms with Crippen LogP contribution in [0.4, 0.5) is 4.39 Å². The topological polar surface area (TPSA) is 75.2 Å². The molecule has 0 aliphatic heterocycles. The Morgan fingerprint density at radius 2 is 1.85 bits per heavy atom. The molecule has 3 rings (SSSR count). The molecule has 26 heavy (non-hydrogen) atoms. The Morgan fingerprint density at radius 1 is 1.08 bits per heavy atom. The highest BCUT2D eigenvalue weighted by Gasteiger charge is 2.12. The van der Waals surface area contributed by atoms with Gasteiger partial charge in [0.1, 0.15) is 12.4 Å². The second kappa shape index (κ2) is 8.91. The minimum atomic E-state index is -0.435. The molecular formula is C17H16BrFN4O2S. The third-order valence-corrected chi connectivity index (χ3v) is 4.76. The van der Waals surface area contributed by atoms with E-state index in [9.17, 15) is 4.39 Å². The van der Waals surface area contributed by atoms with Crippen molar-refractivity contribution in [3.8, 4) is 11.5 Å². The Bertz CT molecular complexity index is 860. The van der Waals surface area contributed by atoms with E-state index in [1.54, 1.807) is 18.2 Å². The predicted octanol–water partition coefficient (Wildman–Crippen LogP) is 3.64. The van der Waals surface area contributed by atoms with Gasteiger partial charge in [0.2, 0.25) is 5.16 Å². The van der Waals surface area contributed by atoms with E-state index in [2.05, 4.69) is 26.1 Å². The van der Waals surface area contributed by atoms with Crippen LogP contribution in [-0.2, 0) is 6.61 Å². The number of para-hydroxylation sites is 1. The molecule has 2 aromatic carbocycles. The normalized spacial score (nSPS) is 10.7. The van der Waals surface area contributed by atoms with Gasteiger partial charge in [-0.05, 0) is 36.4 Å².